The van der Waals surface area contributed by atoms with Crippen molar-refractivity contribution in [2.45, 2.75) is 62.4 Å². The molecular formula is C19H27N5OS. The SMILES string of the molecule is CCN(C(=O)[C@@H](C)Sc1nnc(-c2ccncc2)n1C)C1CCCCC1. The first kappa shape index (κ1) is 18.9. The van der Waals surface area contributed by atoms with E-state index in [1.807, 2.05) is 30.7 Å². The molecule has 0 aromatic carbocycles. The van der Waals surface area contributed by atoms with Crippen LogP contribution in [0.3, 0.4) is 0 Å². The van der Waals surface area contributed by atoms with Gasteiger partial charge in [-0.15, -0.1) is 10.2 Å². The van der Waals surface area contributed by atoms with E-state index in [1.54, 1.807) is 12.4 Å². The standard InChI is InChI=1S/C19H27N5OS/c1-4-24(16-8-6-5-7-9-16)18(25)14(2)26-19-22-21-17(23(19)3)15-10-12-20-13-11-15/h10-14,16H,4-9H2,1-3H3/t14-/m1/s1. The summed E-state index contributed by atoms with van der Waals surface area (Å²) in [6.45, 7) is 4.82. The monoisotopic (exact) mass is 373 g/mol. The molecule has 1 fully saturated rings. The van der Waals surface area contributed by atoms with Gasteiger partial charge in [0, 0.05) is 37.6 Å². The van der Waals surface area contributed by atoms with Crippen molar-refractivity contribution >= 4 is 17.7 Å². The number of hydrogen-bond acceptors (Lipinski definition) is 5. The fraction of sp³-hybridized carbons (Fsp3) is 0.579. The molecule has 1 saturated carbocycles. The summed E-state index contributed by atoms with van der Waals surface area (Å²) in [5.74, 6) is 0.993. The maximum absolute atomic E-state index is 13.0. The number of nitrogens with zero attached hydrogens (tertiary/aromatic N) is 5. The average Bonchev–Trinajstić information content (AvgIpc) is 3.04. The highest BCUT2D eigenvalue weighted by Crippen LogP contribution is 2.29. The normalized spacial score (nSPS) is 16.4. The quantitative estimate of drug-likeness (QED) is 0.725. The van der Waals surface area contributed by atoms with Crippen molar-refractivity contribution < 1.29 is 4.79 Å². The summed E-state index contributed by atoms with van der Waals surface area (Å²) in [7, 11) is 1.94. The average molecular weight is 374 g/mol. The van der Waals surface area contributed by atoms with Crippen molar-refractivity contribution in [1.29, 1.82) is 0 Å². The van der Waals surface area contributed by atoms with Crippen molar-refractivity contribution in [3.05, 3.63) is 24.5 Å². The minimum absolute atomic E-state index is 0.176. The van der Waals surface area contributed by atoms with Crippen LogP contribution in [0.4, 0.5) is 0 Å². The smallest absolute Gasteiger partial charge is 0.236 e. The van der Waals surface area contributed by atoms with Gasteiger partial charge in [0.25, 0.3) is 0 Å². The van der Waals surface area contributed by atoms with Crippen LogP contribution in [-0.2, 0) is 11.8 Å². The zero-order chi connectivity index (χ0) is 18.5. The molecule has 0 spiro atoms. The predicted octanol–water partition coefficient (Wildman–Crippen LogP) is 3.54. The molecule has 2 heterocycles. The van der Waals surface area contributed by atoms with Gasteiger partial charge in [0.05, 0.1) is 5.25 Å². The Morgan fingerprint density at radius 1 is 1.27 bits per heavy atom. The first-order chi connectivity index (χ1) is 12.6. The van der Waals surface area contributed by atoms with Gasteiger partial charge in [0.15, 0.2) is 11.0 Å². The fourth-order valence-electron chi connectivity index (χ4n) is 3.60. The highest BCUT2D eigenvalue weighted by molar-refractivity contribution is 8.00. The number of carbonyl (C=O) groups is 1. The summed E-state index contributed by atoms with van der Waals surface area (Å²) < 4.78 is 1.95. The van der Waals surface area contributed by atoms with Crippen LogP contribution in [-0.4, -0.2) is 48.4 Å². The van der Waals surface area contributed by atoms with Crippen molar-refractivity contribution in [2.24, 2.45) is 7.05 Å². The number of amides is 1. The minimum atomic E-state index is -0.176. The molecule has 0 N–H and O–H groups in total. The van der Waals surface area contributed by atoms with E-state index in [9.17, 15) is 4.79 Å². The van der Waals surface area contributed by atoms with Crippen LogP contribution in [0.5, 0.6) is 0 Å². The molecule has 0 saturated heterocycles. The maximum atomic E-state index is 13.0. The van der Waals surface area contributed by atoms with E-state index >= 15 is 0 Å². The highest BCUT2D eigenvalue weighted by Gasteiger charge is 2.29. The molecule has 0 unspecified atom stereocenters. The second kappa shape index (κ2) is 8.66. The van der Waals surface area contributed by atoms with Crippen molar-refractivity contribution in [2.75, 3.05) is 6.54 Å². The molecule has 140 valence electrons. The fourth-order valence-corrected chi connectivity index (χ4v) is 4.48. The number of hydrogen-bond donors (Lipinski definition) is 0. The van der Waals surface area contributed by atoms with Crippen LogP contribution >= 0.6 is 11.8 Å². The van der Waals surface area contributed by atoms with Gasteiger partial charge in [-0.2, -0.15) is 0 Å². The van der Waals surface area contributed by atoms with Gasteiger partial charge in [0.2, 0.25) is 5.91 Å². The van der Waals surface area contributed by atoms with E-state index in [1.165, 1.54) is 31.0 Å². The van der Waals surface area contributed by atoms with E-state index in [2.05, 4.69) is 27.0 Å². The molecule has 0 bridgehead atoms. The Labute approximate surface area is 159 Å². The first-order valence-corrected chi connectivity index (χ1v) is 10.3. The van der Waals surface area contributed by atoms with E-state index in [-0.39, 0.29) is 11.2 Å². The van der Waals surface area contributed by atoms with Crippen LogP contribution in [0, 0.1) is 0 Å². The molecule has 0 radical (unpaired) electrons. The molecule has 2 aromatic heterocycles. The van der Waals surface area contributed by atoms with Gasteiger partial charge < -0.3 is 9.47 Å². The molecular weight excluding hydrogens is 346 g/mol. The van der Waals surface area contributed by atoms with Crippen molar-refractivity contribution in [3.63, 3.8) is 0 Å². The Hall–Kier alpha value is -1.89. The Morgan fingerprint density at radius 2 is 1.96 bits per heavy atom. The summed E-state index contributed by atoms with van der Waals surface area (Å²) in [6, 6.07) is 4.22. The Morgan fingerprint density at radius 3 is 2.62 bits per heavy atom. The Balaban J connectivity index is 1.70. The van der Waals surface area contributed by atoms with Crippen molar-refractivity contribution in [1.82, 2.24) is 24.6 Å². The molecule has 1 amide bonds. The molecule has 7 heteroatoms. The lowest BCUT2D eigenvalue weighted by atomic mass is 9.94. The van der Waals surface area contributed by atoms with E-state index in [0.29, 0.717) is 6.04 Å². The third kappa shape index (κ3) is 4.09. The zero-order valence-corrected chi connectivity index (χ0v) is 16.6. The third-order valence-electron chi connectivity index (χ3n) is 5.04. The summed E-state index contributed by atoms with van der Waals surface area (Å²) in [5.41, 5.74) is 0.971. The highest BCUT2D eigenvalue weighted by atomic mass is 32.2. The summed E-state index contributed by atoms with van der Waals surface area (Å²) in [6.07, 6.45) is 9.51. The largest absolute Gasteiger partial charge is 0.339 e. The van der Waals surface area contributed by atoms with Crippen LogP contribution < -0.4 is 0 Å². The number of carbonyl (C=O) groups excluding carboxylic acids is 1. The molecule has 3 rings (SSSR count). The van der Waals surface area contributed by atoms with Gasteiger partial charge in [-0.1, -0.05) is 31.0 Å². The molecule has 1 aliphatic carbocycles. The van der Waals surface area contributed by atoms with Gasteiger partial charge in [-0.25, -0.2) is 0 Å². The topological polar surface area (TPSA) is 63.9 Å². The zero-order valence-electron chi connectivity index (χ0n) is 15.8. The first-order valence-electron chi connectivity index (χ1n) is 9.38. The second-order valence-electron chi connectivity index (χ2n) is 6.78. The van der Waals surface area contributed by atoms with Crippen LogP contribution in [0.25, 0.3) is 11.4 Å². The predicted molar refractivity (Wildman–Crippen MR) is 104 cm³/mol. The lowest BCUT2D eigenvalue weighted by Gasteiger charge is -2.35. The number of rotatable bonds is 6. The molecule has 6 nitrogen and oxygen atoms in total. The maximum Gasteiger partial charge on any atom is 0.236 e. The molecule has 2 aromatic rings. The minimum Gasteiger partial charge on any atom is -0.339 e. The van der Waals surface area contributed by atoms with Gasteiger partial charge in [-0.3, -0.25) is 9.78 Å². The number of aromatic nitrogens is 4. The number of thioether (sulfide) groups is 1. The molecule has 1 aliphatic rings. The van der Waals surface area contributed by atoms with Crippen LogP contribution in [0.2, 0.25) is 0 Å². The lowest BCUT2D eigenvalue weighted by molar-refractivity contribution is -0.133. The molecule has 26 heavy (non-hydrogen) atoms. The lowest BCUT2D eigenvalue weighted by Crippen LogP contribution is -2.44. The van der Waals surface area contributed by atoms with E-state index in [0.717, 1.165) is 35.9 Å². The molecule has 0 aliphatic heterocycles. The van der Waals surface area contributed by atoms with Crippen LogP contribution in [0.15, 0.2) is 29.7 Å². The Bertz CT molecular complexity index is 727. The molecule has 1 atom stereocenters. The summed E-state index contributed by atoms with van der Waals surface area (Å²) >= 11 is 1.48. The van der Waals surface area contributed by atoms with Crippen LogP contribution in [0.1, 0.15) is 46.0 Å². The van der Waals surface area contributed by atoms with E-state index in [4.69, 9.17) is 0 Å². The van der Waals surface area contributed by atoms with E-state index < -0.39 is 0 Å². The Kier molecular flexibility index (Phi) is 6.29. The van der Waals surface area contributed by atoms with Gasteiger partial charge in [-0.05, 0) is 38.8 Å². The van der Waals surface area contributed by atoms with Gasteiger partial charge in [0.1, 0.15) is 0 Å². The van der Waals surface area contributed by atoms with Gasteiger partial charge >= 0.3 is 0 Å². The second-order valence-corrected chi connectivity index (χ2v) is 8.09. The third-order valence-corrected chi connectivity index (χ3v) is 6.16. The van der Waals surface area contributed by atoms with Crippen molar-refractivity contribution in [3.8, 4) is 11.4 Å². The summed E-state index contributed by atoms with van der Waals surface area (Å²) in [5, 5.41) is 9.18. The summed E-state index contributed by atoms with van der Waals surface area (Å²) in [4.78, 5) is 19.1. The number of pyridine rings is 1.